The van der Waals surface area contributed by atoms with Gasteiger partial charge in [-0.1, -0.05) is 72.9 Å². The molecule has 2 heterocycles. The first kappa shape index (κ1) is 17.2. The smallest absolute Gasteiger partial charge is 0.186 e. The fourth-order valence-electron chi connectivity index (χ4n) is 4.19. The molecule has 1 saturated carbocycles. The lowest BCUT2D eigenvalue weighted by Crippen LogP contribution is -2.19. The van der Waals surface area contributed by atoms with Crippen LogP contribution in [0.15, 0.2) is 48.5 Å². The first-order chi connectivity index (χ1) is 13.8. The number of para-hydroxylation sites is 1. The van der Waals surface area contributed by atoms with Gasteiger partial charge in [0, 0.05) is 17.0 Å². The zero-order chi connectivity index (χ0) is 18.9. The highest BCUT2D eigenvalue weighted by Gasteiger charge is 2.18. The van der Waals surface area contributed by atoms with Crippen LogP contribution in [0, 0.1) is 6.92 Å². The Morgan fingerprint density at radius 3 is 2.46 bits per heavy atom. The third-order valence-corrected chi connectivity index (χ3v) is 5.77. The Morgan fingerprint density at radius 2 is 1.68 bits per heavy atom. The van der Waals surface area contributed by atoms with Crippen molar-refractivity contribution in [3.63, 3.8) is 0 Å². The molecule has 1 N–H and O–H groups in total. The van der Waals surface area contributed by atoms with Crippen LogP contribution in [-0.4, -0.2) is 25.9 Å². The van der Waals surface area contributed by atoms with Crippen molar-refractivity contribution in [3.05, 3.63) is 54.1 Å². The average molecular weight is 371 g/mol. The van der Waals surface area contributed by atoms with Crippen molar-refractivity contribution in [1.82, 2.24) is 19.8 Å². The number of fused-ring (bicyclic) bond motifs is 3. The van der Waals surface area contributed by atoms with Crippen LogP contribution in [-0.2, 0) is 0 Å². The van der Waals surface area contributed by atoms with E-state index in [0.29, 0.717) is 6.04 Å². The van der Waals surface area contributed by atoms with E-state index in [0.717, 1.165) is 33.6 Å². The maximum Gasteiger partial charge on any atom is 0.186 e. The monoisotopic (exact) mass is 371 g/mol. The normalized spacial score (nSPS) is 15.8. The molecule has 0 aliphatic heterocycles. The van der Waals surface area contributed by atoms with E-state index in [-0.39, 0.29) is 0 Å². The number of hydrogen-bond donors (Lipinski definition) is 1. The van der Waals surface area contributed by atoms with Crippen LogP contribution in [0.5, 0.6) is 0 Å². The summed E-state index contributed by atoms with van der Waals surface area (Å²) in [6.45, 7) is 2.09. The number of benzene rings is 2. The fraction of sp³-hybridized carbons (Fsp3) is 0.348. The van der Waals surface area contributed by atoms with E-state index in [1.807, 2.05) is 10.6 Å². The highest BCUT2D eigenvalue weighted by Crippen LogP contribution is 2.30. The lowest BCUT2D eigenvalue weighted by atomic mass is 10.1. The van der Waals surface area contributed by atoms with Crippen LogP contribution < -0.4 is 5.32 Å². The molecule has 5 rings (SSSR count). The lowest BCUT2D eigenvalue weighted by molar-refractivity contribution is 0.618. The SMILES string of the molecule is Cc1ccc(-c2nnn3c2nc(NC2CCCCCC2)c2ccccc23)cc1. The number of aryl methyl sites for hydroxylation is 1. The first-order valence-electron chi connectivity index (χ1n) is 10.3. The van der Waals surface area contributed by atoms with Crippen LogP contribution in [0.4, 0.5) is 5.82 Å². The third kappa shape index (κ3) is 3.11. The highest BCUT2D eigenvalue weighted by molar-refractivity contribution is 5.93. The van der Waals surface area contributed by atoms with E-state index >= 15 is 0 Å². The minimum absolute atomic E-state index is 0.486. The summed E-state index contributed by atoms with van der Waals surface area (Å²) in [6, 6.07) is 17.2. The minimum atomic E-state index is 0.486. The summed E-state index contributed by atoms with van der Waals surface area (Å²) in [6.07, 6.45) is 7.69. The zero-order valence-corrected chi connectivity index (χ0v) is 16.2. The number of aromatic nitrogens is 4. The lowest BCUT2D eigenvalue weighted by Gasteiger charge is -2.18. The largest absolute Gasteiger partial charge is 0.367 e. The Morgan fingerprint density at radius 1 is 0.929 bits per heavy atom. The van der Waals surface area contributed by atoms with Gasteiger partial charge < -0.3 is 5.32 Å². The molecular formula is C23H25N5. The molecule has 1 aliphatic carbocycles. The molecule has 5 nitrogen and oxygen atoms in total. The van der Waals surface area contributed by atoms with Gasteiger partial charge in [-0.15, -0.1) is 5.10 Å². The number of hydrogen-bond acceptors (Lipinski definition) is 4. The van der Waals surface area contributed by atoms with Crippen molar-refractivity contribution in [1.29, 1.82) is 0 Å². The van der Waals surface area contributed by atoms with E-state index in [4.69, 9.17) is 4.98 Å². The van der Waals surface area contributed by atoms with Crippen LogP contribution in [0.1, 0.15) is 44.1 Å². The van der Waals surface area contributed by atoms with Gasteiger partial charge in [0.05, 0.1) is 5.52 Å². The van der Waals surface area contributed by atoms with Crippen molar-refractivity contribution < 1.29 is 0 Å². The molecule has 142 valence electrons. The third-order valence-electron chi connectivity index (χ3n) is 5.77. The summed E-state index contributed by atoms with van der Waals surface area (Å²) in [5.41, 5.74) is 4.95. The molecule has 0 spiro atoms. The Labute approximate surface area is 164 Å². The molecule has 0 bridgehead atoms. The second kappa shape index (κ2) is 7.23. The predicted molar refractivity (Wildman–Crippen MR) is 114 cm³/mol. The van der Waals surface area contributed by atoms with Gasteiger partial charge in [0.1, 0.15) is 11.5 Å². The number of anilines is 1. The number of nitrogens with zero attached hydrogens (tertiary/aromatic N) is 4. The molecule has 2 aromatic heterocycles. The van der Waals surface area contributed by atoms with Crippen molar-refractivity contribution in [2.24, 2.45) is 0 Å². The first-order valence-corrected chi connectivity index (χ1v) is 10.3. The molecule has 4 aromatic rings. The molecule has 28 heavy (non-hydrogen) atoms. The van der Waals surface area contributed by atoms with Gasteiger partial charge in [0.25, 0.3) is 0 Å². The van der Waals surface area contributed by atoms with Crippen LogP contribution in [0.2, 0.25) is 0 Å². The molecule has 0 amide bonds. The standard InChI is InChI=1S/C23H25N5/c1-16-12-14-17(15-13-16)21-23-25-22(24-18-8-4-2-3-5-9-18)19-10-6-7-11-20(19)28(23)27-26-21/h6-7,10-15,18H,2-5,8-9H2,1H3,(H,24,25). The Balaban J connectivity index is 1.65. The molecule has 0 saturated heterocycles. The summed E-state index contributed by atoms with van der Waals surface area (Å²) in [5.74, 6) is 0.950. The topological polar surface area (TPSA) is 55.1 Å². The predicted octanol–water partition coefficient (Wildman–Crippen LogP) is 5.39. The molecule has 0 unspecified atom stereocenters. The molecule has 1 aliphatic rings. The fourth-order valence-corrected chi connectivity index (χ4v) is 4.19. The summed E-state index contributed by atoms with van der Waals surface area (Å²) in [5, 5.41) is 13.7. The number of rotatable bonds is 3. The Bertz CT molecular complexity index is 1110. The summed E-state index contributed by atoms with van der Waals surface area (Å²) < 4.78 is 1.86. The van der Waals surface area contributed by atoms with E-state index < -0.39 is 0 Å². The molecule has 0 radical (unpaired) electrons. The zero-order valence-electron chi connectivity index (χ0n) is 16.2. The van der Waals surface area contributed by atoms with E-state index in [2.05, 4.69) is 65.0 Å². The highest BCUT2D eigenvalue weighted by atomic mass is 15.4. The van der Waals surface area contributed by atoms with Gasteiger partial charge in [0.15, 0.2) is 5.65 Å². The Hall–Kier alpha value is -2.95. The second-order valence-corrected chi connectivity index (χ2v) is 7.85. The van der Waals surface area contributed by atoms with Crippen molar-refractivity contribution in [2.75, 3.05) is 5.32 Å². The van der Waals surface area contributed by atoms with Gasteiger partial charge in [-0.2, -0.15) is 4.52 Å². The molecule has 2 aromatic carbocycles. The maximum absolute atomic E-state index is 5.01. The molecule has 5 heteroatoms. The number of nitrogens with one attached hydrogen (secondary N) is 1. The summed E-state index contributed by atoms with van der Waals surface area (Å²) >= 11 is 0. The molecule has 1 fully saturated rings. The molecule has 0 atom stereocenters. The molecular weight excluding hydrogens is 346 g/mol. The second-order valence-electron chi connectivity index (χ2n) is 7.85. The van der Waals surface area contributed by atoms with E-state index in [1.54, 1.807) is 0 Å². The van der Waals surface area contributed by atoms with E-state index in [9.17, 15) is 0 Å². The van der Waals surface area contributed by atoms with Gasteiger partial charge in [-0.05, 0) is 31.9 Å². The maximum atomic E-state index is 5.01. The van der Waals surface area contributed by atoms with Gasteiger partial charge in [0.2, 0.25) is 0 Å². The van der Waals surface area contributed by atoms with Crippen LogP contribution >= 0.6 is 0 Å². The van der Waals surface area contributed by atoms with Crippen molar-refractivity contribution in [2.45, 2.75) is 51.5 Å². The van der Waals surface area contributed by atoms with Crippen LogP contribution in [0.3, 0.4) is 0 Å². The van der Waals surface area contributed by atoms with Gasteiger partial charge in [-0.3, -0.25) is 0 Å². The summed E-state index contributed by atoms with van der Waals surface area (Å²) in [7, 11) is 0. The summed E-state index contributed by atoms with van der Waals surface area (Å²) in [4.78, 5) is 5.01. The average Bonchev–Trinajstić information content (AvgIpc) is 2.97. The van der Waals surface area contributed by atoms with Gasteiger partial charge in [-0.25, -0.2) is 4.98 Å². The van der Waals surface area contributed by atoms with Gasteiger partial charge >= 0.3 is 0 Å². The van der Waals surface area contributed by atoms with Crippen molar-refractivity contribution in [3.8, 4) is 11.3 Å². The van der Waals surface area contributed by atoms with Crippen LogP contribution in [0.25, 0.3) is 27.8 Å². The van der Waals surface area contributed by atoms with E-state index in [1.165, 1.54) is 44.1 Å². The quantitative estimate of drug-likeness (QED) is 0.491. The minimum Gasteiger partial charge on any atom is -0.367 e. The Kier molecular flexibility index (Phi) is 4.43. The van der Waals surface area contributed by atoms with Crippen molar-refractivity contribution >= 4 is 22.4 Å².